The summed E-state index contributed by atoms with van der Waals surface area (Å²) in [4.78, 5) is 28.5. The Morgan fingerprint density at radius 1 is 0.925 bits per heavy atom. The van der Waals surface area contributed by atoms with Crippen LogP contribution in [0.2, 0.25) is 0 Å². The fraction of sp³-hybridized carbons (Fsp3) is 0.312. The number of rotatable bonds is 10. The van der Waals surface area contributed by atoms with Crippen LogP contribution in [0.5, 0.6) is 23.0 Å². The van der Waals surface area contributed by atoms with Gasteiger partial charge in [-0.05, 0) is 54.8 Å². The Bertz CT molecular complexity index is 1420. The van der Waals surface area contributed by atoms with Crippen molar-refractivity contribution in [2.45, 2.75) is 39.3 Å². The van der Waals surface area contributed by atoms with Gasteiger partial charge in [0.2, 0.25) is 0 Å². The minimum Gasteiger partial charge on any atom is -0.507 e. The summed E-state index contributed by atoms with van der Waals surface area (Å²) in [5, 5.41) is 11.5. The second-order valence-electron chi connectivity index (χ2n) is 9.61. The van der Waals surface area contributed by atoms with Crippen molar-refractivity contribution >= 4 is 17.4 Å². The average Bonchev–Trinajstić information content (AvgIpc) is 3.23. The number of nitrogens with zero attached hydrogens (tertiary/aromatic N) is 1. The van der Waals surface area contributed by atoms with Crippen molar-refractivity contribution in [1.82, 2.24) is 4.90 Å². The Hall–Kier alpha value is -4.46. The normalized spacial score (nSPS) is 17.6. The molecule has 1 amide bonds. The number of carbonyl (C=O) groups excluding carboxylic acids is 2. The van der Waals surface area contributed by atoms with Crippen LogP contribution in [0, 0.1) is 0 Å². The third kappa shape index (κ3) is 5.47. The van der Waals surface area contributed by atoms with Gasteiger partial charge in [0.05, 0.1) is 24.8 Å². The van der Waals surface area contributed by atoms with Gasteiger partial charge < -0.3 is 29.0 Å². The molecule has 0 radical (unpaired) electrons. The van der Waals surface area contributed by atoms with Gasteiger partial charge in [0, 0.05) is 12.1 Å². The van der Waals surface area contributed by atoms with Crippen molar-refractivity contribution in [3.05, 3.63) is 89.0 Å². The highest BCUT2D eigenvalue weighted by Crippen LogP contribution is 2.43. The lowest BCUT2D eigenvalue weighted by Crippen LogP contribution is -2.29. The summed E-state index contributed by atoms with van der Waals surface area (Å²) in [6.45, 7) is 5.93. The van der Waals surface area contributed by atoms with Gasteiger partial charge in [0.25, 0.3) is 11.7 Å². The Morgan fingerprint density at radius 3 is 2.45 bits per heavy atom. The molecule has 208 valence electrons. The average molecular weight is 544 g/mol. The quantitative estimate of drug-likeness (QED) is 0.153. The number of Topliss-reactive ketones (excluding diaryl/α,β-unsaturated/α-hetero) is 1. The van der Waals surface area contributed by atoms with Crippen molar-refractivity contribution < 1.29 is 33.6 Å². The first-order chi connectivity index (χ1) is 19.5. The van der Waals surface area contributed by atoms with E-state index in [1.54, 1.807) is 30.3 Å². The van der Waals surface area contributed by atoms with Crippen molar-refractivity contribution in [3.63, 3.8) is 0 Å². The number of ketones is 1. The predicted octanol–water partition coefficient (Wildman–Crippen LogP) is 5.66. The monoisotopic (exact) mass is 543 g/mol. The molecule has 0 unspecified atom stereocenters. The first-order valence-electron chi connectivity index (χ1n) is 13.6. The molecule has 0 bridgehead atoms. The van der Waals surface area contributed by atoms with E-state index in [0.29, 0.717) is 60.6 Å². The number of ether oxygens (including phenoxy) is 4. The predicted molar refractivity (Wildman–Crippen MR) is 150 cm³/mol. The van der Waals surface area contributed by atoms with E-state index >= 15 is 0 Å². The Kier molecular flexibility index (Phi) is 8.24. The number of unbranched alkanes of at least 4 members (excludes halogenated alkanes) is 1. The number of carbonyl (C=O) groups is 2. The number of hydrogen-bond donors (Lipinski definition) is 1. The second-order valence-corrected chi connectivity index (χ2v) is 9.61. The molecule has 1 fully saturated rings. The highest BCUT2D eigenvalue weighted by Gasteiger charge is 2.46. The molecule has 3 aromatic carbocycles. The molecular formula is C32H33NO7. The first-order valence-corrected chi connectivity index (χ1v) is 13.6. The van der Waals surface area contributed by atoms with E-state index in [1.165, 1.54) is 4.90 Å². The van der Waals surface area contributed by atoms with Gasteiger partial charge >= 0.3 is 0 Å². The molecule has 0 aromatic heterocycles. The van der Waals surface area contributed by atoms with E-state index in [9.17, 15) is 14.7 Å². The van der Waals surface area contributed by atoms with E-state index in [2.05, 4.69) is 6.92 Å². The second kappa shape index (κ2) is 12.2. The standard InChI is InChI=1S/C32H33NO7/c1-3-5-15-38-24-13-11-22(18-26(24)37-4-2)29-28(30(34)23-12-14-25-27(19-23)40-17-16-39-25)31(35)32(36)33(29)20-21-9-7-6-8-10-21/h6-14,18-19,29,34H,3-5,15-17,20H2,1-2H3/t29-/m1/s1. The fourth-order valence-corrected chi connectivity index (χ4v) is 4.92. The molecule has 8 heteroatoms. The first kappa shape index (κ1) is 27.1. The number of benzene rings is 3. The number of fused-ring (bicyclic) bond motifs is 1. The highest BCUT2D eigenvalue weighted by molar-refractivity contribution is 6.46. The van der Waals surface area contributed by atoms with E-state index in [1.807, 2.05) is 43.3 Å². The SMILES string of the molecule is CCCCOc1ccc([C@@H]2C(=C(O)c3ccc4c(c3)OCCO4)C(=O)C(=O)N2Cc2ccccc2)cc1OCC. The lowest BCUT2D eigenvalue weighted by molar-refractivity contribution is -0.140. The van der Waals surface area contributed by atoms with Crippen LogP contribution in [0.3, 0.4) is 0 Å². The molecule has 0 spiro atoms. The van der Waals surface area contributed by atoms with Gasteiger partial charge in [0.15, 0.2) is 23.0 Å². The van der Waals surface area contributed by atoms with Crippen molar-refractivity contribution in [1.29, 1.82) is 0 Å². The lowest BCUT2D eigenvalue weighted by atomic mass is 9.94. The van der Waals surface area contributed by atoms with Crippen LogP contribution in [0.15, 0.2) is 72.3 Å². The van der Waals surface area contributed by atoms with Gasteiger partial charge in [0.1, 0.15) is 19.0 Å². The number of aliphatic hydroxyl groups excluding tert-OH is 1. The van der Waals surface area contributed by atoms with Gasteiger partial charge in [-0.3, -0.25) is 9.59 Å². The lowest BCUT2D eigenvalue weighted by Gasteiger charge is -2.26. The summed E-state index contributed by atoms with van der Waals surface area (Å²) in [6.07, 6.45) is 1.90. The molecule has 40 heavy (non-hydrogen) atoms. The van der Waals surface area contributed by atoms with E-state index in [4.69, 9.17) is 18.9 Å². The fourth-order valence-electron chi connectivity index (χ4n) is 4.92. The van der Waals surface area contributed by atoms with Crippen LogP contribution in [0.25, 0.3) is 5.76 Å². The highest BCUT2D eigenvalue weighted by atomic mass is 16.6. The van der Waals surface area contributed by atoms with Crippen LogP contribution in [0.1, 0.15) is 49.4 Å². The summed E-state index contributed by atoms with van der Waals surface area (Å²) >= 11 is 0. The van der Waals surface area contributed by atoms with E-state index in [0.717, 1.165) is 18.4 Å². The summed E-state index contributed by atoms with van der Waals surface area (Å²) in [7, 11) is 0. The van der Waals surface area contributed by atoms with Crippen LogP contribution in [-0.2, 0) is 16.1 Å². The maximum absolute atomic E-state index is 13.5. The third-order valence-corrected chi connectivity index (χ3v) is 6.89. The number of amides is 1. The van der Waals surface area contributed by atoms with E-state index < -0.39 is 17.7 Å². The number of aliphatic hydroxyl groups is 1. The zero-order valence-corrected chi connectivity index (χ0v) is 22.7. The molecule has 3 aromatic rings. The molecular weight excluding hydrogens is 510 g/mol. The minimum absolute atomic E-state index is 0.000270. The molecule has 2 aliphatic rings. The topological polar surface area (TPSA) is 94.5 Å². The van der Waals surface area contributed by atoms with Crippen LogP contribution < -0.4 is 18.9 Å². The maximum atomic E-state index is 13.5. The molecule has 1 N–H and O–H groups in total. The molecule has 1 saturated heterocycles. The molecule has 0 saturated carbocycles. The molecule has 0 aliphatic carbocycles. The minimum atomic E-state index is -0.850. The van der Waals surface area contributed by atoms with Gasteiger partial charge in [-0.2, -0.15) is 0 Å². The Morgan fingerprint density at radius 2 is 1.70 bits per heavy atom. The van der Waals surface area contributed by atoms with Crippen molar-refractivity contribution in [3.8, 4) is 23.0 Å². The Balaban J connectivity index is 1.61. The van der Waals surface area contributed by atoms with Gasteiger partial charge in [-0.25, -0.2) is 0 Å². The summed E-state index contributed by atoms with van der Waals surface area (Å²) < 4.78 is 23.1. The zero-order chi connectivity index (χ0) is 28.1. The molecule has 1 atom stereocenters. The molecule has 8 nitrogen and oxygen atoms in total. The van der Waals surface area contributed by atoms with Crippen LogP contribution in [-0.4, -0.2) is 48.1 Å². The molecule has 2 heterocycles. The number of hydrogen-bond acceptors (Lipinski definition) is 7. The molecule has 5 rings (SSSR count). The van der Waals surface area contributed by atoms with E-state index in [-0.39, 0.29) is 17.9 Å². The molecule has 2 aliphatic heterocycles. The maximum Gasteiger partial charge on any atom is 0.295 e. The smallest absolute Gasteiger partial charge is 0.295 e. The third-order valence-electron chi connectivity index (χ3n) is 6.89. The Labute approximate surface area is 233 Å². The van der Waals surface area contributed by atoms with Crippen LogP contribution >= 0.6 is 0 Å². The van der Waals surface area contributed by atoms with Crippen molar-refractivity contribution in [2.75, 3.05) is 26.4 Å². The summed E-state index contributed by atoms with van der Waals surface area (Å²) in [6, 6.07) is 19.0. The summed E-state index contributed by atoms with van der Waals surface area (Å²) in [5.41, 5.74) is 1.84. The summed E-state index contributed by atoms with van der Waals surface area (Å²) in [5.74, 6) is 0.411. The van der Waals surface area contributed by atoms with Crippen LogP contribution in [0.4, 0.5) is 0 Å². The van der Waals surface area contributed by atoms with Gasteiger partial charge in [-0.15, -0.1) is 0 Å². The van der Waals surface area contributed by atoms with Gasteiger partial charge in [-0.1, -0.05) is 49.7 Å². The zero-order valence-electron chi connectivity index (χ0n) is 22.7. The largest absolute Gasteiger partial charge is 0.507 e. The van der Waals surface area contributed by atoms with Crippen molar-refractivity contribution in [2.24, 2.45) is 0 Å². The number of likely N-dealkylation sites (tertiary alicyclic amines) is 1.